The maximum atomic E-state index is 13.8. The fraction of sp³-hybridized carbons (Fsp3) is 0.444. The molecule has 12 nitrogen and oxygen atoms in total. The van der Waals surface area contributed by atoms with Gasteiger partial charge in [0.1, 0.15) is 17.1 Å². The van der Waals surface area contributed by atoms with E-state index in [0.717, 1.165) is 72.9 Å². The summed E-state index contributed by atoms with van der Waals surface area (Å²) in [7, 11) is 4.22. The summed E-state index contributed by atoms with van der Waals surface area (Å²) in [5.41, 5.74) is 3.64. The number of methoxy groups -OCH3 is 1. The van der Waals surface area contributed by atoms with Gasteiger partial charge in [0.05, 0.1) is 39.8 Å². The summed E-state index contributed by atoms with van der Waals surface area (Å²) >= 11 is 8.37. The molecule has 3 aromatic carbocycles. The Morgan fingerprint density at radius 2 is 1.72 bits per heavy atom. The van der Waals surface area contributed by atoms with E-state index in [4.69, 9.17) is 19.2 Å². The fourth-order valence-corrected chi connectivity index (χ4v) is 9.36. The molecule has 4 aromatic rings. The summed E-state index contributed by atoms with van der Waals surface area (Å²) in [5.74, 6) is 3.14. The number of hydrogen-bond acceptors (Lipinski definition) is 11. The van der Waals surface area contributed by atoms with E-state index in [0.29, 0.717) is 21.8 Å². The molecule has 0 spiro atoms. The molecule has 285 valence electrons. The number of imidazole rings is 1. The summed E-state index contributed by atoms with van der Waals surface area (Å²) < 4.78 is 17.4. The third kappa shape index (κ3) is 10.8. The SMILES string of the molecule is CCSC(SCC)[C@@H]1CCCN1C(=O)c1cc(OC)c(OCOc2ccc(-c3nc4ccc(N5CCN(C)CC5)cc4[nH]3)cc2)cc1[N+](=O)[O-].[I][V][I]. The molecule has 17 heteroatoms. The van der Waals surface area contributed by atoms with E-state index in [9.17, 15) is 14.9 Å². The van der Waals surface area contributed by atoms with Crippen LogP contribution in [0.2, 0.25) is 0 Å². The number of benzene rings is 3. The average Bonchev–Trinajstić information content (AvgIpc) is 3.83. The number of nitrogens with one attached hydrogen (secondary N) is 1. The molecule has 1 atom stereocenters. The van der Waals surface area contributed by atoms with Crippen LogP contribution in [-0.4, -0.2) is 106 Å². The molecule has 53 heavy (non-hydrogen) atoms. The molecule has 1 amide bonds. The molecular formula is C36H44I2N6O6S2V. The van der Waals surface area contributed by atoms with Crippen molar-refractivity contribution in [2.45, 2.75) is 37.3 Å². The number of aromatic nitrogens is 2. The van der Waals surface area contributed by atoms with E-state index in [1.165, 1.54) is 24.9 Å². The van der Waals surface area contributed by atoms with Crippen molar-refractivity contribution in [1.82, 2.24) is 19.8 Å². The van der Waals surface area contributed by atoms with Gasteiger partial charge in [0.25, 0.3) is 11.6 Å². The van der Waals surface area contributed by atoms with Crippen LogP contribution in [0.15, 0.2) is 54.6 Å². The number of likely N-dealkylation sites (tertiary alicyclic amines) is 1. The van der Waals surface area contributed by atoms with Gasteiger partial charge in [0, 0.05) is 50.0 Å². The first-order valence-corrected chi connectivity index (χ1v) is 28.4. The molecular weight excluding hydrogens is 981 g/mol. The molecule has 6 rings (SSSR count). The first-order valence-electron chi connectivity index (χ1n) is 17.3. The van der Waals surface area contributed by atoms with E-state index in [1.807, 2.05) is 47.8 Å². The number of aromatic amines is 1. The summed E-state index contributed by atoms with van der Waals surface area (Å²) in [6, 6.07) is 16.5. The second-order valence-corrected chi connectivity index (χ2v) is 27.3. The van der Waals surface area contributed by atoms with Crippen LogP contribution in [0.25, 0.3) is 22.4 Å². The van der Waals surface area contributed by atoms with Gasteiger partial charge in [-0.2, -0.15) is 0 Å². The Hall–Kier alpha value is -2.10. The number of H-pyrrole nitrogens is 1. The quantitative estimate of drug-likeness (QED) is 0.0566. The topological polar surface area (TPSA) is 126 Å². The van der Waals surface area contributed by atoms with Crippen LogP contribution in [0.4, 0.5) is 11.4 Å². The van der Waals surface area contributed by atoms with Crippen molar-refractivity contribution < 1.29 is 33.4 Å². The third-order valence-electron chi connectivity index (χ3n) is 9.15. The number of piperazine rings is 1. The molecule has 1 N–H and O–H groups in total. The number of nitro benzene ring substituents is 1. The van der Waals surface area contributed by atoms with E-state index in [2.05, 4.69) is 93.8 Å². The molecule has 0 unspecified atom stereocenters. The first-order chi connectivity index (χ1) is 25.7. The van der Waals surface area contributed by atoms with Crippen LogP contribution in [0.1, 0.15) is 37.0 Å². The number of carbonyl (C=O) groups is 1. The van der Waals surface area contributed by atoms with E-state index in [1.54, 1.807) is 4.90 Å². The number of anilines is 1. The summed E-state index contributed by atoms with van der Waals surface area (Å²) in [4.78, 5) is 40.2. The molecule has 2 aliphatic heterocycles. The van der Waals surface area contributed by atoms with Crippen molar-refractivity contribution in [2.75, 3.05) is 70.1 Å². The molecule has 3 heterocycles. The summed E-state index contributed by atoms with van der Waals surface area (Å²) in [6.07, 6.45) is 1.74. The molecule has 2 aliphatic rings. The van der Waals surface area contributed by atoms with Crippen LogP contribution in [0, 0.1) is 10.1 Å². The Balaban J connectivity index is 0.00000175. The number of carbonyl (C=O) groups excluding carboxylic acids is 1. The van der Waals surface area contributed by atoms with Crippen molar-refractivity contribution in [3.63, 3.8) is 0 Å². The van der Waals surface area contributed by atoms with E-state index >= 15 is 0 Å². The number of hydrogen-bond donors (Lipinski definition) is 1. The van der Waals surface area contributed by atoms with Crippen LogP contribution in [0.3, 0.4) is 0 Å². The summed E-state index contributed by atoms with van der Waals surface area (Å²) in [5, 5.41) is 12.2. The number of nitrogens with zero attached hydrogens (tertiary/aromatic N) is 5. The Morgan fingerprint density at radius 3 is 2.36 bits per heavy atom. The normalized spacial score (nSPS) is 16.0. The monoisotopic (exact) mass is 1030 g/mol. The van der Waals surface area contributed by atoms with Crippen molar-refractivity contribution in [3.8, 4) is 28.6 Å². The van der Waals surface area contributed by atoms with Gasteiger partial charge in [-0.1, -0.05) is 13.8 Å². The van der Waals surface area contributed by atoms with E-state index < -0.39 is 4.92 Å². The number of nitro groups is 1. The van der Waals surface area contributed by atoms with Gasteiger partial charge in [-0.15, -0.1) is 23.5 Å². The predicted molar refractivity (Wildman–Crippen MR) is 229 cm³/mol. The second kappa shape index (κ2) is 20.7. The minimum absolute atomic E-state index is 0.00517. The number of thioether (sulfide) groups is 2. The average molecular weight is 1030 g/mol. The van der Waals surface area contributed by atoms with Crippen LogP contribution in [-0.2, 0) is 9.47 Å². The molecule has 0 bridgehead atoms. The van der Waals surface area contributed by atoms with Gasteiger partial charge >= 0.3 is 49.4 Å². The van der Waals surface area contributed by atoms with Crippen LogP contribution < -0.4 is 19.1 Å². The number of amides is 1. The zero-order valence-electron chi connectivity index (χ0n) is 30.1. The van der Waals surface area contributed by atoms with Crippen molar-refractivity contribution >= 4 is 91.8 Å². The van der Waals surface area contributed by atoms with Gasteiger partial charge < -0.3 is 33.9 Å². The predicted octanol–water partition coefficient (Wildman–Crippen LogP) is 8.52. The number of halogens is 2. The molecule has 0 aliphatic carbocycles. The number of ether oxygens (including phenoxy) is 3. The zero-order valence-corrected chi connectivity index (χ0v) is 37.5. The van der Waals surface area contributed by atoms with Crippen molar-refractivity contribution in [2.24, 2.45) is 0 Å². The van der Waals surface area contributed by atoms with Gasteiger partial charge in [0.2, 0.25) is 6.79 Å². The van der Waals surface area contributed by atoms with Crippen LogP contribution in [0.5, 0.6) is 17.2 Å². The zero-order chi connectivity index (χ0) is 37.9. The number of fused-ring (bicyclic) bond motifs is 1. The molecule has 0 saturated carbocycles. The Morgan fingerprint density at radius 1 is 1.02 bits per heavy atom. The number of rotatable bonds is 14. The van der Waals surface area contributed by atoms with E-state index in [-0.39, 0.29) is 46.1 Å². The third-order valence-corrected chi connectivity index (χ3v) is 11.9. The number of likely N-dealkylation sites (N-methyl/N-ethyl adjacent to an activating group) is 1. The maximum absolute atomic E-state index is 13.8. The van der Waals surface area contributed by atoms with Gasteiger partial charge in [-0.3, -0.25) is 14.9 Å². The van der Waals surface area contributed by atoms with Crippen molar-refractivity contribution in [1.29, 1.82) is 0 Å². The van der Waals surface area contributed by atoms with Gasteiger partial charge in [-0.25, -0.2) is 4.98 Å². The van der Waals surface area contributed by atoms with Gasteiger partial charge in [-0.05, 0) is 73.9 Å². The fourth-order valence-electron chi connectivity index (χ4n) is 6.49. The Bertz CT molecular complexity index is 1830. The van der Waals surface area contributed by atoms with Gasteiger partial charge in [0.15, 0.2) is 11.5 Å². The van der Waals surface area contributed by atoms with Crippen molar-refractivity contribution in [3.05, 3.63) is 70.3 Å². The standard InChI is InChI=1S/C36H44N6O6S2.2HI.V/c1-5-49-36(50-6-2)30-8-7-15-41(30)35(43)27-21-32(46-4)33(22-31(27)42(44)45)48-23-47-26-12-9-24(10-13-26)34-37-28-14-11-25(20-29(28)38-34)40-18-16-39(3)17-19-40;;;/h9-14,20-22,30,36H,5-8,15-19,23H2,1-4H3,(H,37,38);2*1H;/q;;;+2/p-2/t30-;;;/m0.../s1. The minimum atomic E-state index is -0.547. The molecule has 1 aromatic heterocycles. The molecule has 0 radical (unpaired) electrons. The van der Waals surface area contributed by atoms with Crippen LogP contribution >= 0.6 is 63.5 Å². The molecule has 2 saturated heterocycles. The summed E-state index contributed by atoms with van der Waals surface area (Å²) in [6.45, 7) is 8.64. The first kappa shape index (κ1) is 42.1. The Labute approximate surface area is 348 Å². The Kier molecular flexibility index (Phi) is 16.4. The molecule has 2 fully saturated rings. The second-order valence-electron chi connectivity index (χ2n) is 12.3.